The van der Waals surface area contributed by atoms with Crippen molar-refractivity contribution >= 4 is 5.97 Å². The monoisotopic (exact) mass is 308 g/mol. The van der Waals surface area contributed by atoms with Crippen molar-refractivity contribution in [1.82, 2.24) is 0 Å². The van der Waals surface area contributed by atoms with Crippen LogP contribution in [0.15, 0.2) is 12.7 Å². The van der Waals surface area contributed by atoms with Crippen molar-refractivity contribution < 1.29 is 9.53 Å². The van der Waals surface area contributed by atoms with E-state index in [-0.39, 0.29) is 5.97 Å². The molecule has 2 nitrogen and oxygen atoms in total. The molecular formula is C20H36O2. The van der Waals surface area contributed by atoms with E-state index in [0.29, 0.717) is 0 Å². The van der Waals surface area contributed by atoms with E-state index in [1.807, 2.05) is 0 Å². The number of rotatable bonds is 17. The Morgan fingerprint density at radius 2 is 1.14 bits per heavy atom. The average molecular weight is 309 g/mol. The zero-order chi connectivity index (χ0) is 16.3. The zero-order valence-corrected chi connectivity index (χ0v) is 14.5. The second-order valence-corrected chi connectivity index (χ2v) is 6.05. The molecule has 0 aromatic heterocycles. The van der Waals surface area contributed by atoms with Crippen LogP contribution < -0.4 is 0 Å². The van der Waals surface area contributed by atoms with Crippen LogP contribution in [0.5, 0.6) is 0 Å². The molecule has 0 rings (SSSR count). The van der Waals surface area contributed by atoms with E-state index >= 15 is 0 Å². The van der Waals surface area contributed by atoms with Crippen LogP contribution in [0.3, 0.4) is 0 Å². The van der Waals surface area contributed by atoms with E-state index in [9.17, 15) is 4.79 Å². The summed E-state index contributed by atoms with van der Waals surface area (Å²) in [5.41, 5.74) is 0. The summed E-state index contributed by atoms with van der Waals surface area (Å²) >= 11 is 0. The molecule has 0 amide bonds. The maximum Gasteiger partial charge on any atom is 0.330 e. The lowest BCUT2D eigenvalue weighted by Gasteiger charge is -2.03. The van der Waals surface area contributed by atoms with Gasteiger partial charge in [-0.1, -0.05) is 97.0 Å². The Bertz CT molecular complexity index is 248. The normalized spacial score (nSPS) is 10.6. The molecule has 0 bridgehead atoms. The fourth-order valence-corrected chi connectivity index (χ4v) is 2.54. The van der Waals surface area contributed by atoms with Crippen molar-refractivity contribution in [3.63, 3.8) is 0 Å². The van der Waals surface area contributed by atoms with Gasteiger partial charge in [-0.2, -0.15) is 0 Å². The molecule has 0 saturated carbocycles. The highest BCUT2D eigenvalue weighted by molar-refractivity contribution is 5.81. The molecule has 0 heterocycles. The zero-order valence-electron chi connectivity index (χ0n) is 14.5. The first-order chi connectivity index (χ1) is 10.8. The highest BCUT2D eigenvalue weighted by Crippen LogP contribution is 2.13. The first kappa shape index (κ1) is 21.2. The molecule has 0 aliphatic carbocycles. The number of carbonyl (C=O) groups excluding carboxylic acids is 1. The van der Waals surface area contributed by atoms with Crippen LogP contribution in [-0.4, -0.2) is 5.97 Å². The third kappa shape index (κ3) is 17.3. The Morgan fingerprint density at radius 1 is 0.727 bits per heavy atom. The molecule has 0 aromatic rings. The van der Waals surface area contributed by atoms with Gasteiger partial charge in [0, 0.05) is 6.08 Å². The van der Waals surface area contributed by atoms with Crippen molar-refractivity contribution in [2.75, 3.05) is 0 Å². The summed E-state index contributed by atoms with van der Waals surface area (Å²) in [6, 6.07) is 0. The largest absolute Gasteiger partial charge is 0.455 e. The summed E-state index contributed by atoms with van der Waals surface area (Å²) in [5, 5.41) is 0. The van der Waals surface area contributed by atoms with Crippen LogP contribution in [0.2, 0.25) is 0 Å². The van der Waals surface area contributed by atoms with E-state index in [1.165, 1.54) is 83.1 Å². The lowest BCUT2D eigenvalue weighted by atomic mass is 10.0. The molecule has 0 spiro atoms. The summed E-state index contributed by atoms with van der Waals surface area (Å²) in [5.74, 6) is -0.359. The van der Waals surface area contributed by atoms with Gasteiger partial charge in [0.25, 0.3) is 0 Å². The minimum atomic E-state index is -0.359. The molecule has 22 heavy (non-hydrogen) atoms. The molecule has 0 aliphatic heterocycles. The van der Waals surface area contributed by atoms with Crippen LogP contribution in [0.1, 0.15) is 96.3 Å². The van der Waals surface area contributed by atoms with Crippen molar-refractivity contribution in [1.29, 1.82) is 0 Å². The quantitative estimate of drug-likeness (QED) is 0.173. The van der Waals surface area contributed by atoms with Crippen molar-refractivity contribution in [3.8, 4) is 0 Å². The van der Waals surface area contributed by atoms with Gasteiger partial charge in [-0.15, -0.1) is 0 Å². The molecular weight excluding hydrogens is 272 g/mol. The van der Waals surface area contributed by atoms with E-state index in [0.717, 1.165) is 19.3 Å². The number of unbranched alkanes of at least 4 members (excludes halogenated alkanes) is 14. The maximum atomic E-state index is 10.8. The molecule has 2 heteroatoms. The third-order valence-electron chi connectivity index (χ3n) is 3.94. The van der Waals surface area contributed by atoms with Crippen LogP contribution in [0.25, 0.3) is 0 Å². The Hall–Kier alpha value is -0.790. The fraction of sp³-hybridized carbons (Fsp3) is 0.750. The maximum absolute atomic E-state index is 10.8. The van der Waals surface area contributed by atoms with Crippen molar-refractivity contribution in [3.05, 3.63) is 26.2 Å². The van der Waals surface area contributed by atoms with Gasteiger partial charge in [0.15, 0.2) is 0 Å². The van der Waals surface area contributed by atoms with Gasteiger partial charge >= 0.3 is 5.97 Å². The minimum absolute atomic E-state index is 0.359. The molecule has 128 valence electrons. The lowest BCUT2D eigenvalue weighted by Crippen LogP contribution is -1.96. The Morgan fingerprint density at radius 3 is 1.55 bits per heavy atom. The van der Waals surface area contributed by atoms with Crippen LogP contribution in [-0.2, 0) is 9.53 Å². The standard InChI is InChI=1S/C20H36O2/c1-3-5-6-7-8-9-10-11-12-13-14-15-16-17-18-19-22-20(21)4-2/h4,19H,1-3,5-18H2. The number of hydrogen-bond acceptors (Lipinski definition) is 2. The molecule has 0 N–H and O–H groups in total. The predicted molar refractivity (Wildman–Crippen MR) is 95.2 cm³/mol. The van der Waals surface area contributed by atoms with E-state index < -0.39 is 0 Å². The van der Waals surface area contributed by atoms with Gasteiger partial charge < -0.3 is 4.74 Å². The summed E-state index contributed by atoms with van der Waals surface area (Å²) in [6.45, 7) is 8.83. The SMILES string of the molecule is [CH2]CCCCCCCCCCCCCCC[CH]OC(=O)C=C. The average Bonchev–Trinajstić information content (AvgIpc) is 2.54. The van der Waals surface area contributed by atoms with E-state index in [4.69, 9.17) is 4.74 Å². The molecule has 0 fully saturated rings. The van der Waals surface area contributed by atoms with Crippen LogP contribution in [0, 0.1) is 13.5 Å². The Labute approximate surface area is 138 Å². The summed E-state index contributed by atoms with van der Waals surface area (Å²) in [4.78, 5) is 10.8. The van der Waals surface area contributed by atoms with Crippen molar-refractivity contribution in [2.24, 2.45) is 0 Å². The highest BCUT2D eigenvalue weighted by Gasteiger charge is 1.97. The number of ether oxygens (including phenoxy) is 1. The molecule has 0 unspecified atom stereocenters. The number of esters is 1. The van der Waals surface area contributed by atoms with E-state index in [1.54, 1.807) is 6.61 Å². The number of carbonyl (C=O) groups is 1. The number of hydrogen-bond donors (Lipinski definition) is 0. The third-order valence-corrected chi connectivity index (χ3v) is 3.94. The first-order valence-electron chi connectivity index (χ1n) is 9.25. The van der Waals surface area contributed by atoms with Gasteiger partial charge in [0.2, 0.25) is 0 Å². The molecule has 0 saturated heterocycles. The second-order valence-electron chi connectivity index (χ2n) is 6.05. The Kier molecular flexibility index (Phi) is 17.6. The van der Waals surface area contributed by atoms with Gasteiger partial charge in [-0.05, 0) is 12.8 Å². The van der Waals surface area contributed by atoms with Gasteiger partial charge in [0.1, 0.15) is 6.61 Å². The van der Waals surface area contributed by atoms with Crippen LogP contribution in [0.4, 0.5) is 0 Å². The highest BCUT2D eigenvalue weighted by atomic mass is 16.5. The van der Waals surface area contributed by atoms with Gasteiger partial charge in [-0.3, -0.25) is 0 Å². The van der Waals surface area contributed by atoms with Crippen LogP contribution >= 0.6 is 0 Å². The molecule has 0 aliphatic rings. The predicted octanol–water partition coefficient (Wildman–Crippen LogP) is 6.56. The molecule has 0 atom stereocenters. The van der Waals surface area contributed by atoms with Crippen molar-refractivity contribution in [2.45, 2.75) is 96.3 Å². The minimum Gasteiger partial charge on any atom is -0.455 e. The van der Waals surface area contributed by atoms with Gasteiger partial charge in [0.05, 0.1) is 0 Å². The fourth-order valence-electron chi connectivity index (χ4n) is 2.54. The van der Waals surface area contributed by atoms with Gasteiger partial charge in [-0.25, -0.2) is 4.79 Å². The summed E-state index contributed by atoms with van der Waals surface area (Å²) in [6.07, 6.45) is 20.6. The molecule has 0 aromatic carbocycles. The summed E-state index contributed by atoms with van der Waals surface area (Å²) < 4.78 is 4.82. The summed E-state index contributed by atoms with van der Waals surface area (Å²) in [7, 11) is 0. The smallest absolute Gasteiger partial charge is 0.330 e. The topological polar surface area (TPSA) is 26.3 Å². The lowest BCUT2D eigenvalue weighted by molar-refractivity contribution is -0.134. The Balaban J connectivity index is 2.99. The molecule has 2 radical (unpaired) electrons. The van der Waals surface area contributed by atoms with E-state index in [2.05, 4.69) is 13.5 Å². The first-order valence-corrected chi connectivity index (χ1v) is 9.25. The second kappa shape index (κ2) is 18.3.